The van der Waals surface area contributed by atoms with Crippen LogP contribution in [0.2, 0.25) is 0 Å². The number of anilines is 1. The molecule has 2 atom stereocenters. The minimum atomic E-state index is -1.12. The smallest absolute Gasteiger partial charge is 0.286 e. The van der Waals surface area contributed by atoms with E-state index in [1.54, 1.807) is 6.08 Å². The van der Waals surface area contributed by atoms with Crippen LogP contribution in [0, 0.1) is 5.92 Å². The molecule has 1 aromatic rings. The SMILES string of the molecule is CC(C)C1=NN(c2ncon2)C2C1=CC=CC2F. The van der Waals surface area contributed by atoms with Crippen molar-refractivity contribution in [2.75, 3.05) is 5.01 Å². The van der Waals surface area contributed by atoms with Crippen LogP contribution in [-0.4, -0.2) is 28.1 Å². The number of hydrazone groups is 1. The number of nitrogens with zero attached hydrogens (tertiary/aromatic N) is 4. The van der Waals surface area contributed by atoms with Crippen molar-refractivity contribution in [3.8, 4) is 0 Å². The summed E-state index contributed by atoms with van der Waals surface area (Å²) in [4.78, 5) is 3.94. The van der Waals surface area contributed by atoms with E-state index >= 15 is 0 Å². The zero-order valence-electron chi connectivity index (χ0n) is 10.1. The Labute approximate surface area is 104 Å². The Bertz CT molecular complexity index is 532. The normalized spacial score (nSPS) is 26.3. The molecular formula is C12H13FN4O. The van der Waals surface area contributed by atoms with Gasteiger partial charge in [0.05, 0.1) is 5.71 Å². The van der Waals surface area contributed by atoms with E-state index in [-0.39, 0.29) is 5.92 Å². The number of rotatable bonds is 2. The number of hydrogen-bond donors (Lipinski definition) is 0. The minimum absolute atomic E-state index is 0.217. The summed E-state index contributed by atoms with van der Waals surface area (Å²) in [6, 6.07) is -0.481. The lowest BCUT2D eigenvalue weighted by Crippen LogP contribution is -2.38. The molecule has 18 heavy (non-hydrogen) atoms. The first-order valence-electron chi connectivity index (χ1n) is 5.85. The van der Waals surface area contributed by atoms with E-state index in [9.17, 15) is 4.39 Å². The van der Waals surface area contributed by atoms with Crippen LogP contribution in [0.15, 0.2) is 39.8 Å². The van der Waals surface area contributed by atoms with Crippen LogP contribution in [0.3, 0.4) is 0 Å². The van der Waals surface area contributed by atoms with Crippen molar-refractivity contribution in [3.63, 3.8) is 0 Å². The average molecular weight is 248 g/mol. The van der Waals surface area contributed by atoms with E-state index in [4.69, 9.17) is 4.52 Å². The molecule has 0 fully saturated rings. The number of fused-ring (bicyclic) bond motifs is 1. The molecule has 0 spiro atoms. The summed E-state index contributed by atoms with van der Waals surface area (Å²) in [5.74, 6) is 0.508. The van der Waals surface area contributed by atoms with Crippen molar-refractivity contribution in [3.05, 3.63) is 30.2 Å². The molecule has 0 amide bonds. The highest BCUT2D eigenvalue weighted by molar-refractivity contribution is 6.06. The van der Waals surface area contributed by atoms with Crippen LogP contribution in [0.1, 0.15) is 13.8 Å². The number of alkyl halides is 1. The van der Waals surface area contributed by atoms with Crippen molar-refractivity contribution in [2.24, 2.45) is 11.0 Å². The highest BCUT2D eigenvalue weighted by Gasteiger charge is 2.41. The third kappa shape index (κ3) is 1.56. The molecule has 0 N–H and O–H groups in total. The van der Waals surface area contributed by atoms with Gasteiger partial charge in [-0.3, -0.25) is 0 Å². The maximum Gasteiger partial charge on any atom is 0.286 e. The molecule has 5 nitrogen and oxygen atoms in total. The van der Waals surface area contributed by atoms with Gasteiger partial charge < -0.3 is 4.52 Å². The quantitative estimate of drug-likeness (QED) is 0.804. The van der Waals surface area contributed by atoms with Gasteiger partial charge in [-0.05, 0) is 17.2 Å². The van der Waals surface area contributed by atoms with Crippen LogP contribution in [-0.2, 0) is 0 Å². The Kier molecular flexibility index (Phi) is 2.50. The number of hydrogen-bond acceptors (Lipinski definition) is 5. The minimum Gasteiger partial charge on any atom is -0.341 e. The van der Waals surface area contributed by atoms with E-state index in [1.165, 1.54) is 17.5 Å². The molecule has 0 radical (unpaired) electrons. The van der Waals surface area contributed by atoms with E-state index < -0.39 is 12.2 Å². The first-order valence-corrected chi connectivity index (χ1v) is 5.85. The molecule has 2 heterocycles. The van der Waals surface area contributed by atoms with Gasteiger partial charge in [0.2, 0.25) is 6.39 Å². The number of halogens is 1. The zero-order chi connectivity index (χ0) is 12.7. The van der Waals surface area contributed by atoms with E-state index in [0.29, 0.717) is 5.95 Å². The number of aromatic nitrogens is 2. The number of allylic oxidation sites excluding steroid dienone is 2. The maximum atomic E-state index is 14.1. The maximum absolute atomic E-state index is 14.1. The van der Waals surface area contributed by atoms with Crippen molar-refractivity contribution >= 4 is 11.7 Å². The lowest BCUT2D eigenvalue weighted by molar-refractivity contribution is 0.353. The molecule has 1 aromatic heterocycles. The van der Waals surface area contributed by atoms with Gasteiger partial charge in [0.15, 0.2) is 0 Å². The van der Waals surface area contributed by atoms with Crippen LogP contribution >= 0.6 is 0 Å². The van der Waals surface area contributed by atoms with Crippen molar-refractivity contribution in [1.29, 1.82) is 0 Å². The van der Waals surface area contributed by atoms with Crippen LogP contribution < -0.4 is 5.01 Å². The van der Waals surface area contributed by atoms with Gasteiger partial charge in [-0.15, -0.1) is 0 Å². The third-order valence-electron chi connectivity index (χ3n) is 3.07. The van der Waals surface area contributed by atoms with Gasteiger partial charge in [-0.1, -0.05) is 26.0 Å². The second-order valence-corrected chi connectivity index (χ2v) is 4.61. The second kappa shape index (κ2) is 4.04. The molecule has 1 aliphatic heterocycles. The van der Waals surface area contributed by atoms with E-state index in [2.05, 4.69) is 15.2 Å². The molecule has 3 rings (SSSR count). The van der Waals surface area contributed by atoms with Gasteiger partial charge in [-0.25, -0.2) is 9.40 Å². The first-order chi connectivity index (χ1) is 8.68. The Balaban J connectivity index is 2.05. The molecule has 2 unspecified atom stereocenters. The Hall–Kier alpha value is -1.98. The van der Waals surface area contributed by atoms with Crippen molar-refractivity contribution in [1.82, 2.24) is 10.1 Å². The van der Waals surface area contributed by atoms with Gasteiger partial charge in [0, 0.05) is 5.57 Å². The Morgan fingerprint density at radius 2 is 2.28 bits per heavy atom. The lowest BCUT2D eigenvalue weighted by atomic mass is 9.90. The van der Waals surface area contributed by atoms with Gasteiger partial charge in [0.1, 0.15) is 12.2 Å². The second-order valence-electron chi connectivity index (χ2n) is 4.61. The van der Waals surface area contributed by atoms with E-state index in [0.717, 1.165) is 11.3 Å². The summed E-state index contributed by atoms with van der Waals surface area (Å²) in [6.45, 7) is 4.06. The molecule has 0 saturated heterocycles. The summed E-state index contributed by atoms with van der Waals surface area (Å²) in [5, 5.41) is 9.67. The predicted octanol–water partition coefficient (Wildman–Crippen LogP) is 2.10. The standard InChI is InChI=1S/C12H13FN4O/c1-7(2)10-8-4-3-5-9(13)11(8)17(15-10)12-14-6-18-16-12/h3-7,9,11H,1-2H3. The fourth-order valence-electron chi connectivity index (χ4n) is 2.26. The largest absolute Gasteiger partial charge is 0.341 e. The fourth-order valence-corrected chi connectivity index (χ4v) is 2.26. The van der Waals surface area contributed by atoms with Gasteiger partial charge in [0.25, 0.3) is 5.95 Å². The molecule has 6 heteroatoms. The van der Waals surface area contributed by atoms with Crippen LogP contribution in [0.5, 0.6) is 0 Å². The summed E-state index contributed by atoms with van der Waals surface area (Å²) in [5.41, 5.74) is 1.77. The molecule has 2 aliphatic rings. The van der Waals surface area contributed by atoms with Crippen molar-refractivity contribution < 1.29 is 8.91 Å². The average Bonchev–Trinajstić information content (AvgIpc) is 2.95. The Morgan fingerprint density at radius 3 is 2.94 bits per heavy atom. The monoisotopic (exact) mass is 248 g/mol. The molecule has 1 aliphatic carbocycles. The van der Waals surface area contributed by atoms with Crippen LogP contribution in [0.4, 0.5) is 10.3 Å². The highest BCUT2D eigenvalue weighted by atomic mass is 19.1. The summed E-state index contributed by atoms with van der Waals surface area (Å²) in [6.07, 6.45) is 5.24. The molecule has 0 bridgehead atoms. The van der Waals surface area contributed by atoms with Gasteiger partial charge in [-0.2, -0.15) is 10.1 Å². The molecular weight excluding hydrogens is 235 g/mol. The van der Waals surface area contributed by atoms with Gasteiger partial charge >= 0.3 is 0 Å². The lowest BCUT2D eigenvalue weighted by Gasteiger charge is -2.24. The fraction of sp³-hybridized carbons (Fsp3) is 0.417. The molecule has 0 saturated carbocycles. The van der Waals surface area contributed by atoms with E-state index in [1.807, 2.05) is 19.9 Å². The summed E-state index contributed by atoms with van der Waals surface area (Å²) >= 11 is 0. The summed E-state index contributed by atoms with van der Waals surface area (Å²) in [7, 11) is 0. The highest BCUT2D eigenvalue weighted by Crippen LogP contribution is 2.33. The third-order valence-corrected chi connectivity index (χ3v) is 3.07. The Morgan fingerprint density at radius 1 is 1.44 bits per heavy atom. The topological polar surface area (TPSA) is 54.5 Å². The molecule has 0 aromatic carbocycles. The van der Waals surface area contributed by atoms with Crippen LogP contribution in [0.25, 0.3) is 0 Å². The predicted molar refractivity (Wildman–Crippen MR) is 65.0 cm³/mol. The summed E-state index contributed by atoms with van der Waals surface area (Å²) < 4.78 is 18.8. The van der Waals surface area contributed by atoms with Crippen molar-refractivity contribution in [2.45, 2.75) is 26.1 Å². The molecule has 94 valence electrons. The first kappa shape index (κ1) is 11.1. The zero-order valence-corrected chi connectivity index (χ0v) is 10.1.